The lowest BCUT2D eigenvalue weighted by molar-refractivity contribution is 0.669. The fourth-order valence-corrected chi connectivity index (χ4v) is 7.62. The molecule has 0 fully saturated rings. The molecule has 0 radical (unpaired) electrons. The van der Waals surface area contributed by atoms with Crippen molar-refractivity contribution >= 4 is 65.0 Å². The van der Waals surface area contributed by atoms with Gasteiger partial charge < -0.3 is 4.42 Å². The molecule has 1 aromatic heterocycles. The minimum Gasteiger partial charge on any atom is -0.456 e. The number of rotatable bonds is 3. The summed E-state index contributed by atoms with van der Waals surface area (Å²) in [6.45, 7) is 0. The first-order valence-electron chi connectivity index (χ1n) is 15.5. The first kappa shape index (κ1) is 24.5. The molecule has 0 amide bonds. The van der Waals surface area contributed by atoms with Crippen LogP contribution in [0.15, 0.2) is 162 Å². The standard InChI is InChI=1S/C44H26O/c1-2-12-28(13-3-1)41-33-16-6-8-18-35(33)43(36-19-9-7-17-34(36)41)37-24-31-15-10-20-39-42(31)44-38(37)25-32(26-40(44)45-39)30-22-21-27-11-4-5-14-29(27)23-30/h1-26H. The smallest absolute Gasteiger partial charge is 0.136 e. The van der Waals surface area contributed by atoms with E-state index < -0.39 is 0 Å². The minimum atomic E-state index is 0.929. The van der Waals surface area contributed by atoms with E-state index in [2.05, 4.69) is 158 Å². The summed E-state index contributed by atoms with van der Waals surface area (Å²) in [4.78, 5) is 0. The Bertz CT molecular complexity index is 2690. The van der Waals surface area contributed by atoms with Gasteiger partial charge in [-0.25, -0.2) is 0 Å². The lowest BCUT2D eigenvalue weighted by atomic mass is 9.83. The molecular formula is C44H26O. The van der Waals surface area contributed by atoms with Crippen molar-refractivity contribution in [2.24, 2.45) is 0 Å². The van der Waals surface area contributed by atoms with Crippen LogP contribution in [0.5, 0.6) is 0 Å². The summed E-state index contributed by atoms with van der Waals surface area (Å²) in [6, 6.07) is 57.3. The molecule has 0 saturated heterocycles. The van der Waals surface area contributed by atoms with E-state index in [-0.39, 0.29) is 0 Å². The average Bonchev–Trinajstić information content (AvgIpc) is 3.49. The van der Waals surface area contributed by atoms with E-state index in [1.54, 1.807) is 0 Å². The summed E-state index contributed by atoms with van der Waals surface area (Å²) in [7, 11) is 0. The summed E-state index contributed by atoms with van der Waals surface area (Å²) in [6.07, 6.45) is 0. The summed E-state index contributed by atoms with van der Waals surface area (Å²) in [5.74, 6) is 0. The highest BCUT2D eigenvalue weighted by atomic mass is 16.3. The highest BCUT2D eigenvalue weighted by molar-refractivity contribution is 6.30. The maximum atomic E-state index is 6.61. The molecular weight excluding hydrogens is 544 g/mol. The van der Waals surface area contributed by atoms with Crippen LogP contribution in [0, 0.1) is 0 Å². The van der Waals surface area contributed by atoms with Crippen LogP contribution in [-0.4, -0.2) is 0 Å². The fourth-order valence-electron chi connectivity index (χ4n) is 7.62. The molecule has 208 valence electrons. The van der Waals surface area contributed by atoms with Crippen LogP contribution in [0.25, 0.3) is 98.4 Å². The molecule has 1 nitrogen and oxygen atoms in total. The lowest BCUT2D eigenvalue weighted by Crippen LogP contribution is -1.92. The van der Waals surface area contributed by atoms with E-state index in [1.165, 1.54) is 81.7 Å². The monoisotopic (exact) mass is 570 g/mol. The number of hydrogen-bond donors (Lipinski definition) is 0. The maximum absolute atomic E-state index is 6.61. The molecule has 0 aliphatic heterocycles. The van der Waals surface area contributed by atoms with E-state index in [1.807, 2.05) is 0 Å². The fraction of sp³-hybridized carbons (Fsp3) is 0. The molecule has 45 heavy (non-hydrogen) atoms. The van der Waals surface area contributed by atoms with Crippen molar-refractivity contribution in [1.29, 1.82) is 0 Å². The molecule has 0 bridgehead atoms. The molecule has 0 aliphatic rings. The van der Waals surface area contributed by atoms with Crippen molar-refractivity contribution in [3.63, 3.8) is 0 Å². The zero-order valence-electron chi connectivity index (χ0n) is 24.4. The van der Waals surface area contributed by atoms with Crippen molar-refractivity contribution in [1.82, 2.24) is 0 Å². The Kier molecular flexibility index (Phi) is 5.06. The van der Waals surface area contributed by atoms with Crippen LogP contribution in [-0.2, 0) is 0 Å². The molecule has 0 spiro atoms. The van der Waals surface area contributed by atoms with Gasteiger partial charge >= 0.3 is 0 Å². The normalized spacial score (nSPS) is 12.0. The largest absolute Gasteiger partial charge is 0.456 e. The third-order valence-corrected chi connectivity index (χ3v) is 9.57. The van der Waals surface area contributed by atoms with Gasteiger partial charge in [0.1, 0.15) is 11.2 Å². The van der Waals surface area contributed by atoms with Gasteiger partial charge in [-0.3, -0.25) is 0 Å². The second-order valence-corrected chi connectivity index (χ2v) is 12.0. The number of furan rings is 1. The first-order valence-corrected chi connectivity index (χ1v) is 15.5. The Balaban J connectivity index is 1.37. The van der Waals surface area contributed by atoms with Gasteiger partial charge in [-0.05, 0) is 107 Å². The van der Waals surface area contributed by atoms with E-state index in [4.69, 9.17) is 4.42 Å². The highest BCUT2D eigenvalue weighted by Crippen LogP contribution is 2.49. The van der Waals surface area contributed by atoms with Crippen molar-refractivity contribution in [3.05, 3.63) is 158 Å². The Morgan fingerprint density at radius 1 is 0.311 bits per heavy atom. The van der Waals surface area contributed by atoms with Crippen molar-refractivity contribution in [2.45, 2.75) is 0 Å². The summed E-state index contributed by atoms with van der Waals surface area (Å²) in [5.41, 5.74) is 9.22. The van der Waals surface area contributed by atoms with Crippen molar-refractivity contribution < 1.29 is 4.42 Å². The van der Waals surface area contributed by atoms with Gasteiger partial charge in [0.25, 0.3) is 0 Å². The van der Waals surface area contributed by atoms with E-state index >= 15 is 0 Å². The maximum Gasteiger partial charge on any atom is 0.136 e. The van der Waals surface area contributed by atoms with Gasteiger partial charge in [0.2, 0.25) is 0 Å². The van der Waals surface area contributed by atoms with Crippen LogP contribution in [0.3, 0.4) is 0 Å². The van der Waals surface area contributed by atoms with Gasteiger partial charge in [-0.15, -0.1) is 0 Å². The van der Waals surface area contributed by atoms with Gasteiger partial charge in [0.05, 0.1) is 0 Å². The highest BCUT2D eigenvalue weighted by Gasteiger charge is 2.22. The number of fused-ring (bicyclic) bond motifs is 3. The van der Waals surface area contributed by atoms with Gasteiger partial charge in [-0.1, -0.05) is 127 Å². The Hall–Kier alpha value is -5.92. The van der Waals surface area contributed by atoms with Crippen molar-refractivity contribution in [2.75, 3.05) is 0 Å². The van der Waals surface area contributed by atoms with Crippen LogP contribution >= 0.6 is 0 Å². The molecule has 0 N–H and O–H groups in total. The van der Waals surface area contributed by atoms with Crippen LogP contribution in [0.1, 0.15) is 0 Å². The van der Waals surface area contributed by atoms with Crippen LogP contribution in [0.2, 0.25) is 0 Å². The zero-order chi connectivity index (χ0) is 29.5. The molecule has 10 aromatic rings. The van der Waals surface area contributed by atoms with E-state index in [0.29, 0.717) is 0 Å². The molecule has 1 heteroatoms. The molecule has 10 rings (SSSR count). The SMILES string of the molecule is c1ccc(-c2c3ccccc3c(-c3cc4cccc5oc6cc(-c7ccc8ccccc8c7)cc3c6c45)c3ccccc23)cc1. The van der Waals surface area contributed by atoms with Gasteiger partial charge in [-0.2, -0.15) is 0 Å². The topological polar surface area (TPSA) is 13.1 Å². The number of benzene rings is 9. The minimum absolute atomic E-state index is 0.929. The van der Waals surface area contributed by atoms with E-state index in [0.717, 1.165) is 16.7 Å². The Morgan fingerprint density at radius 2 is 0.956 bits per heavy atom. The third kappa shape index (κ3) is 3.56. The molecule has 0 saturated carbocycles. The Morgan fingerprint density at radius 3 is 1.71 bits per heavy atom. The summed E-state index contributed by atoms with van der Waals surface area (Å²) in [5, 5.41) is 12.3. The third-order valence-electron chi connectivity index (χ3n) is 9.57. The molecule has 0 unspecified atom stereocenters. The summed E-state index contributed by atoms with van der Waals surface area (Å²) < 4.78 is 6.61. The molecule has 9 aromatic carbocycles. The van der Waals surface area contributed by atoms with Crippen LogP contribution < -0.4 is 0 Å². The van der Waals surface area contributed by atoms with Crippen molar-refractivity contribution in [3.8, 4) is 33.4 Å². The second-order valence-electron chi connectivity index (χ2n) is 12.0. The lowest BCUT2D eigenvalue weighted by Gasteiger charge is -2.19. The van der Waals surface area contributed by atoms with Gasteiger partial charge in [0.15, 0.2) is 0 Å². The van der Waals surface area contributed by atoms with E-state index in [9.17, 15) is 0 Å². The average molecular weight is 571 g/mol. The predicted octanol–water partition coefficient (Wildman–Crippen LogP) is 12.6. The quantitative estimate of drug-likeness (QED) is 0.152. The first-order chi connectivity index (χ1) is 22.3. The van der Waals surface area contributed by atoms with Gasteiger partial charge in [0, 0.05) is 10.8 Å². The number of hydrogen-bond acceptors (Lipinski definition) is 1. The molecule has 1 heterocycles. The summed E-state index contributed by atoms with van der Waals surface area (Å²) >= 11 is 0. The zero-order valence-corrected chi connectivity index (χ0v) is 24.4. The Labute approximate surface area is 259 Å². The predicted molar refractivity (Wildman–Crippen MR) is 191 cm³/mol. The van der Waals surface area contributed by atoms with Crippen LogP contribution in [0.4, 0.5) is 0 Å². The molecule has 0 aliphatic carbocycles. The molecule has 0 atom stereocenters. The second kappa shape index (κ2) is 9.29.